The Bertz CT molecular complexity index is 7240. The van der Waals surface area contributed by atoms with Crippen LogP contribution in [0.1, 0.15) is 43.2 Å². The molecule has 64 nitrogen and oxygen atoms in total. The summed E-state index contributed by atoms with van der Waals surface area (Å²) in [5.74, 6) is -1.19. The second-order valence-electron chi connectivity index (χ2n) is 31.4. The van der Waals surface area contributed by atoms with Gasteiger partial charge in [-0.2, -0.15) is 15.0 Å². The lowest BCUT2D eigenvalue weighted by Gasteiger charge is -2.25. The fraction of sp³-hybridized carbons (Fsp3) is 0.477. The number of phosphoric ester groups is 6. The topological polar surface area (TPSA) is 911 Å². The number of ether oxygens (including phenoxy) is 6. The van der Waals surface area contributed by atoms with Gasteiger partial charge in [-0.25, -0.2) is 71.7 Å². The number of phosphoric acid groups is 6. The van der Waals surface area contributed by atoms with Gasteiger partial charge in [-0.1, -0.05) is 11.6 Å². The van der Waals surface area contributed by atoms with E-state index in [0.717, 1.165) is 43.4 Å². The van der Waals surface area contributed by atoms with Gasteiger partial charge in [0.1, 0.15) is 138 Å². The van der Waals surface area contributed by atoms with Crippen LogP contribution in [0.2, 0.25) is 5.02 Å². The van der Waals surface area contributed by atoms with Crippen molar-refractivity contribution in [3.05, 3.63) is 116 Å². The van der Waals surface area contributed by atoms with Crippen LogP contribution >= 0.6 is 58.5 Å². The summed E-state index contributed by atoms with van der Waals surface area (Å²) in [6.45, 7) is -3.41. The van der Waals surface area contributed by atoms with E-state index in [1.54, 1.807) is 13.0 Å². The van der Waals surface area contributed by atoms with Gasteiger partial charge in [0.25, 0.3) is 16.7 Å². The third-order valence-electron chi connectivity index (χ3n) is 22.6. The van der Waals surface area contributed by atoms with Crippen molar-refractivity contribution in [3.63, 3.8) is 0 Å². The first-order valence-electron chi connectivity index (χ1n) is 39.9. The number of fused-ring (bicyclic) bond motifs is 15. The van der Waals surface area contributed by atoms with Gasteiger partial charge in [0.05, 0.1) is 80.7 Å². The summed E-state index contributed by atoms with van der Waals surface area (Å²) in [6.07, 6.45) is -28.7. The number of rotatable bonds is 6. The van der Waals surface area contributed by atoms with Gasteiger partial charge in [0, 0.05) is 30.5 Å². The molecule has 6 unspecified atom stereocenters. The Morgan fingerprint density at radius 2 is 0.701 bits per heavy atom. The van der Waals surface area contributed by atoms with Crippen LogP contribution in [-0.2, 0) is 110 Å². The second kappa shape index (κ2) is 36.2. The van der Waals surface area contributed by atoms with Crippen LogP contribution < -0.4 is 45.3 Å². The van der Waals surface area contributed by atoms with E-state index in [-0.39, 0.29) is 95.7 Å². The predicted molar refractivity (Wildman–Crippen MR) is 444 cm³/mol. The molecule has 0 radical (unpaired) electrons. The quantitative estimate of drug-likeness (QED) is 0.0734. The standard InChI is InChI=1S/C22H25FN8O13P2.C22H27N9O13P2.C21H23ClN8O13P2/c23-7-3-30(17-11(7)8(24)1-2-26-17)20-14(33)15-10(42-20)5-40-46(37,38)44-16-13(32)9(4-39-45(35,36)43-15)41-21(16)31-6-27-12-18(31)28-22(25)29-19(12)34;1-7-26-16(23)8-2-3-30(17(8)27-7)20-13(33)14-10(42-20)5-40-46(37,38)44-15-12(32)9(4-39-45(35,36)43-14)41-21(15)31-6-25-11-18(31)28-22(24)29-19(11)34;22-7-1-2-24-16-10(7)25-5-29(16)19-13(32)14-9(41-19)4-39-45(36,37)43-15-12(31)8(3-38-44(34,35)42-14)40-20(15)30-6-26-11-17(30)27-21(23)28-18(11)33/h1-3,6,9-10,13-16,20-21,32-33H,4-5H2,(H2,24,26)(H,35,36)(H,37,38)(H3,25,28,29,34);2-3,6,9-10,12-15,20-21,32-33H,4-5H2,1H3,(H,35,36)(H,37,38)(H2,23,26,27)(H3,24,28,29,34);1-2,5-6,8-9,12-15,19-20,31-32H,3-4H2,(H,34,35)(H,36,37)(H3,23,27,28,33)/t9-,10-,13-,14-,15-,16-,20-,21-;9-,10-,12-,13-,14-,15-,20-,21-;8-,9-,12-,13-,14-,15-,19-,20-/m111/s1. The molecular weight excluding hydrogens is 2000 g/mol. The molecule has 0 spiro atoms. The minimum atomic E-state index is -5.16. The monoisotopic (exact) mass is 2070 g/mol. The van der Waals surface area contributed by atoms with E-state index in [4.69, 9.17) is 123 Å². The van der Waals surface area contributed by atoms with Crippen LogP contribution in [0.15, 0.2) is 82.7 Å². The highest BCUT2D eigenvalue weighted by Crippen LogP contribution is 2.59. The summed E-state index contributed by atoms with van der Waals surface area (Å²) in [7, 11) is -30.6. The molecule has 25 N–H and O–H groups in total. The summed E-state index contributed by atoms with van der Waals surface area (Å²) < 4.78 is 198. The third kappa shape index (κ3) is 18.5. The Morgan fingerprint density at radius 3 is 1.09 bits per heavy atom. The van der Waals surface area contributed by atoms with Crippen LogP contribution in [-0.4, -0.2) is 307 Å². The second-order valence-corrected chi connectivity index (χ2v) is 40.2. The first kappa shape index (κ1) is 96.3. The lowest BCUT2D eigenvalue weighted by atomic mass is 10.1. The third-order valence-corrected chi connectivity index (χ3v) is 28.8. The Hall–Kier alpha value is -9.62. The van der Waals surface area contributed by atoms with Crippen molar-refractivity contribution in [1.82, 2.24) is 97.2 Å². The largest absolute Gasteiger partial charge is 0.472 e. The zero-order valence-electron chi connectivity index (χ0n) is 68.8. The van der Waals surface area contributed by atoms with Crippen molar-refractivity contribution in [1.29, 1.82) is 0 Å². The summed E-state index contributed by atoms with van der Waals surface area (Å²) in [4.78, 5) is 152. The fourth-order valence-corrected chi connectivity index (χ4v) is 22.4. The van der Waals surface area contributed by atoms with Gasteiger partial charge in [0.15, 0.2) is 82.3 Å². The van der Waals surface area contributed by atoms with Crippen molar-refractivity contribution in [2.45, 2.75) is 154 Å². The van der Waals surface area contributed by atoms with Crippen molar-refractivity contribution in [3.8, 4) is 0 Å². The van der Waals surface area contributed by atoms with Crippen LogP contribution in [0, 0.1) is 12.7 Å². The highest BCUT2D eigenvalue weighted by Gasteiger charge is 2.59. The average Bonchev–Trinajstić information content (AvgIpc) is 1.58. The number of aromatic amines is 3. The van der Waals surface area contributed by atoms with Gasteiger partial charge in [-0.3, -0.25) is 102 Å². The molecule has 0 amide bonds. The molecule has 0 aliphatic carbocycles. The minimum absolute atomic E-state index is 0.0367. The molecule has 137 heavy (non-hydrogen) atoms. The molecule has 12 aromatic heterocycles. The van der Waals surface area contributed by atoms with Crippen molar-refractivity contribution < 1.29 is 174 Å². The highest BCUT2D eigenvalue weighted by molar-refractivity contribution is 7.48. The van der Waals surface area contributed by atoms with E-state index in [2.05, 4.69) is 69.8 Å². The number of hydrogen-bond acceptors (Lipinski definition) is 49. The number of nitrogens with two attached hydrogens (primary N) is 5. The van der Waals surface area contributed by atoms with E-state index in [1.165, 1.54) is 46.2 Å². The number of anilines is 5. The number of aryl methyl sites for hydroxylation is 1. The number of aliphatic hydroxyl groups excluding tert-OH is 6. The normalized spacial score (nSPS) is 37.3. The molecule has 9 aliphatic heterocycles. The first-order valence-corrected chi connectivity index (χ1v) is 49.2. The van der Waals surface area contributed by atoms with Crippen LogP contribution in [0.5, 0.6) is 0 Å². The molecule has 12 aromatic rings. The summed E-state index contributed by atoms with van der Waals surface area (Å²) in [5, 5.41) is 67.1. The number of hydrogen-bond donors (Lipinski definition) is 20. The molecule has 0 saturated carbocycles. The molecular formula is C65H75ClFN25O39P6. The lowest BCUT2D eigenvalue weighted by molar-refractivity contribution is -0.0673. The molecule has 21 rings (SSSR count). The smallest absolute Gasteiger partial charge is 0.398 e. The number of aliphatic hydroxyl groups is 6. The number of H-pyrrole nitrogens is 3. The molecule has 9 fully saturated rings. The fourth-order valence-electron chi connectivity index (χ4n) is 16.5. The van der Waals surface area contributed by atoms with Crippen LogP contribution in [0.3, 0.4) is 0 Å². The van der Waals surface area contributed by atoms with Gasteiger partial charge >= 0.3 is 46.9 Å². The minimum Gasteiger partial charge on any atom is -0.398 e. The van der Waals surface area contributed by atoms with E-state index in [0.29, 0.717) is 11.2 Å². The molecule has 30 atom stereocenters. The van der Waals surface area contributed by atoms with Crippen molar-refractivity contribution in [2.24, 2.45) is 0 Å². The van der Waals surface area contributed by atoms with Crippen LogP contribution in [0.4, 0.5) is 33.7 Å². The lowest BCUT2D eigenvalue weighted by Crippen LogP contribution is -2.36. The number of imidazole rings is 4. The maximum Gasteiger partial charge on any atom is 0.472 e. The number of nitrogen functional groups attached to an aromatic ring is 5. The van der Waals surface area contributed by atoms with Gasteiger partial charge in [-0.15, -0.1) is 0 Å². The van der Waals surface area contributed by atoms with Gasteiger partial charge < -0.3 is 126 Å². The zero-order valence-corrected chi connectivity index (χ0v) is 74.9. The summed E-state index contributed by atoms with van der Waals surface area (Å²) in [6, 6.07) is 4.42. The maximum absolute atomic E-state index is 14.8. The molecule has 9 saturated heterocycles. The number of nitrogens with one attached hydrogen (secondary N) is 3. The van der Waals surface area contributed by atoms with E-state index in [9.17, 15) is 106 Å². The van der Waals surface area contributed by atoms with Gasteiger partial charge in [-0.05, 0) is 25.1 Å². The molecule has 738 valence electrons. The number of aromatic nitrogens is 20. The number of halogens is 2. The average molecular weight is 2070 g/mol. The zero-order chi connectivity index (χ0) is 97.2. The Balaban J connectivity index is 0.000000132. The van der Waals surface area contributed by atoms with Crippen molar-refractivity contribution in [2.75, 3.05) is 68.3 Å². The Kier molecular flexibility index (Phi) is 25.4. The number of nitrogens with zero attached hydrogens (tertiary/aromatic N) is 17. The molecule has 0 aromatic carbocycles. The van der Waals surface area contributed by atoms with E-state index < -0.39 is 256 Å². The summed E-state index contributed by atoms with van der Waals surface area (Å²) in [5.41, 5.74) is 26.5. The molecule has 72 heteroatoms. The summed E-state index contributed by atoms with van der Waals surface area (Å²) >= 11 is 6.17. The van der Waals surface area contributed by atoms with E-state index in [1.807, 2.05) is 0 Å². The first-order chi connectivity index (χ1) is 64.8. The van der Waals surface area contributed by atoms with Crippen LogP contribution in [0.25, 0.3) is 66.7 Å². The number of pyridine rings is 2. The van der Waals surface area contributed by atoms with Crippen molar-refractivity contribution >= 4 is 155 Å². The predicted octanol–water partition coefficient (Wildman–Crippen LogP) is -3.09. The van der Waals surface area contributed by atoms with E-state index >= 15 is 0 Å². The maximum atomic E-state index is 14.8. The Labute approximate surface area is 761 Å². The molecule has 21 heterocycles. The Morgan fingerprint density at radius 1 is 0.380 bits per heavy atom. The highest BCUT2D eigenvalue weighted by atomic mass is 35.5. The molecule has 6 bridgehead atoms. The SMILES string of the molecule is Cc1nc(N)c2ccn([C@@H]3O[C@@H]4COP(=O)(O)O[C@@H]5[C@H](O)[C@@H](COP(=O)(O)O[C@H]4[C@H]3O)O[C@H]5n3cnc4c(=O)[nH]c(N)nc43)c2n1.Nc1nc2c(ncn2[C@@H]2O[C@@H]3COP(=O)(O)O[C@H]4[C@@H](O)[C@H](n5cc(F)c6c(N)ccnc65)O[C@@H]4COP(=O)(O)O[C@@H]2[C@@H]3O)c(=O)[nH]1.Nc1nc2c(ncn2[C@@H]2O[C@@H]3COP(=O)(O)O[C@H]4[C@@H](O)[C@H](n5cnc6c(Cl)ccnc65)O[C@@H]4COP(=O)(O)O[C@@H]2[C@@H]3O)c(=O)[nH]1. The van der Waals surface area contributed by atoms with Gasteiger partial charge in [0.2, 0.25) is 17.8 Å². The molecule has 9 aliphatic rings.